The molecule has 156 valence electrons. The maximum atomic E-state index is 10.6. The maximum Gasteiger partial charge on any atom is 0.123 e. The summed E-state index contributed by atoms with van der Waals surface area (Å²) in [5.74, 6) is 0.205. The van der Waals surface area contributed by atoms with Gasteiger partial charge in [-0.3, -0.25) is 0 Å². The molecular weight excluding hydrogens is 376 g/mol. The van der Waals surface area contributed by atoms with Crippen LogP contribution >= 0.6 is 0 Å². The zero-order valence-corrected chi connectivity index (χ0v) is 17.2. The predicted molar refractivity (Wildman–Crippen MR) is 119 cm³/mol. The molecule has 30 heavy (non-hydrogen) atoms. The highest BCUT2D eigenvalue weighted by atomic mass is 16.5. The molecule has 0 unspecified atom stereocenters. The van der Waals surface area contributed by atoms with Crippen LogP contribution in [0, 0.1) is 0 Å². The highest BCUT2D eigenvalue weighted by Gasteiger charge is 2.12. The third kappa shape index (κ3) is 6.06. The molecule has 0 aliphatic carbocycles. The third-order valence-electron chi connectivity index (χ3n) is 4.95. The Morgan fingerprint density at radius 1 is 0.967 bits per heavy atom. The molecule has 0 aliphatic heterocycles. The fraction of sp³-hybridized carbons (Fsp3) is 0.269. The van der Waals surface area contributed by atoms with Crippen LogP contribution in [0.5, 0.6) is 5.75 Å². The second-order valence-electron chi connectivity index (χ2n) is 7.46. The molecule has 0 amide bonds. The number of rotatable bonds is 9. The normalized spacial score (nSPS) is 12.9. The molecule has 4 nitrogen and oxygen atoms in total. The van der Waals surface area contributed by atoms with Crippen molar-refractivity contribution in [3.8, 4) is 5.75 Å². The number of phenolic OH excluding ortho intramolecular Hbond substituents is 1. The Hall–Kier alpha value is -2.88. The summed E-state index contributed by atoms with van der Waals surface area (Å²) in [7, 11) is 0. The summed E-state index contributed by atoms with van der Waals surface area (Å²) in [6, 6.07) is 20.7. The molecule has 0 fully saturated rings. The number of aliphatic hydroxyl groups is 2. The van der Waals surface area contributed by atoms with E-state index in [2.05, 4.69) is 5.73 Å². The van der Waals surface area contributed by atoms with Crippen LogP contribution in [0.1, 0.15) is 37.0 Å². The van der Waals surface area contributed by atoms with Crippen LogP contribution in [0.4, 0.5) is 0 Å². The molecule has 0 bridgehead atoms. The Labute approximate surface area is 177 Å². The van der Waals surface area contributed by atoms with E-state index in [0.29, 0.717) is 19.4 Å². The summed E-state index contributed by atoms with van der Waals surface area (Å²) < 4.78 is 5.57. The molecule has 3 rings (SSSR count). The Bertz CT molecular complexity index is 1020. The molecule has 3 aromatic rings. The van der Waals surface area contributed by atoms with Gasteiger partial charge < -0.3 is 20.1 Å². The Morgan fingerprint density at radius 2 is 1.67 bits per heavy atom. The molecule has 0 saturated heterocycles. The predicted octanol–water partition coefficient (Wildman–Crippen LogP) is 5.04. The van der Waals surface area contributed by atoms with Crippen molar-refractivity contribution in [2.75, 3.05) is 6.61 Å². The quantitative estimate of drug-likeness (QED) is 0.437. The van der Waals surface area contributed by atoms with E-state index >= 15 is 0 Å². The van der Waals surface area contributed by atoms with Crippen LogP contribution in [-0.2, 0) is 11.3 Å². The van der Waals surface area contributed by atoms with Crippen molar-refractivity contribution in [3.63, 3.8) is 0 Å². The average Bonchev–Trinajstić information content (AvgIpc) is 2.75. The Balaban J connectivity index is 1.52. The molecule has 0 heterocycles. The number of ether oxygens (including phenoxy) is 1. The fourth-order valence-corrected chi connectivity index (χ4v) is 3.43. The summed E-state index contributed by atoms with van der Waals surface area (Å²) >= 11 is 0. The first-order valence-corrected chi connectivity index (χ1v) is 10.1. The van der Waals surface area contributed by atoms with E-state index in [1.165, 1.54) is 0 Å². The molecule has 4 heteroatoms. The molecule has 0 saturated carbocycles. The molecule has 0 radical (unpaired) electrons. The van der Waals surface area contributed by atoms with E-state index in [4.69, 9.17) is 4.74 Å². The molecule has 3 N–H and O–H groups in total. The average molecular weight is 405 g/mol. The van der Waals surface area contributed by atoms with Crippen molar-refractivity contribution in [1.29, 1.82) is 0 Å². The van der Waals surface area contributed by atoms with Gasteiger partial charge in [0.05, 0.1) is 25.4 Å². The third-order valence-corrected chi connectivity index (χ3v) is 4.95. The summed E-state index contributed by atoms with van der Waals surface area (Å²) in [6.45, 7) is 2.64. The van der Waals surface area contributed by atoms with Gasteiger partial charge in [0.1, 0.15) is 5.75 Å². The minimum absolute atomic E-state index is 0.205. The van der Waals surface area contributed by atoms with E-state index in [1.807, 2.05) is 61.5 Å². The van der Waals surface area contributed by atoms with Crippen molar-refractivity contribution in [2.24, 2.45) is 0 Å². The highest BCUT2D eigenvalue weighted by molar-refractivity contribution is 5.91. The molecule has 0 spiro atoms. The number of hydrogen-bond donors (Lipinski definition) is 3. The van der Waals surface area contributed by atoms with Gasteiger partial charge in [-0.25, -0.2) is 0 Å². The van der Waals surface area contributed by atoms with Crippen molar-refractivity contribution >= 4 is 10.8 Å². The molecular formula is C26H28O4. The van der Waals surface area contributed by atoms with Gasteiger partial charge in [0.15, 0.2) is 0 Å². The lowest BCUT2D eigenvalue weighted by atomic mass is 9.98. The van der Waals surface area contributed by atoms with Gasteiger partial charge in [0.25, 0.3) is 0 Å². The minimum atomic E-state index is -0.699. The van der Waals surface area contributed by atoms with E-state index in [1.54, 1.807) is 18.2 Å². The first-order chi connectivity index (χ1) is 14.5. The lowest BCUT2D eigenvalue weighted by molar-refractivity contribution is 0.0289. The van der Waals surface area contributed by atoms with Crippen molar-refractivity contribution in [2.45, 2.75) is 38.6 Å². The van der Waals surface area contributed by atoms with Gasteiger partial charge in [-0.15, -0.1) is 5.73 Å². The smallest absolute Gasteiger partial charge is 0.123 e. The van der Waals surface area contributed by atoms with Crippen LogP contribution < -0.4 is 0 Å². The van der Waals surface area contributed by atoms with Gasteiger partial charge in [0, 0.05) is 18.2 Å². The van der Waals surface area contributed by atoms with E-state index in [0.717, 1.165) is 27.5 Å². The second kappa shape index (κ2) is 10.8. The van der Waals surface area contributed by atoms with Gasteiger partial charge >= 0.3 is 0 Å². The van der Waals surface area contributed by atoms with E-state index in [-0.39, 0.29) is 12.4 Å². The SMILES string of the molecule is CC(=C=CC[C@@H](O)c1ccc(O)c2ccccc12)C[C@@H](O)COCc1ccccc1. The van der Waals surface area contributed by atoms with Crippen LogP contribution in [0.3, 0.4) is 0 Å². The largest absolute Gasteiger partial charge is 0.507 e. The molecule has 2 atom stereocenters. The van der Waals surface area contributed by atoms with Crippen LogP contribution in [0.15, 0.2) is 84.1 Å². The zero-order chi connectivity index (χ0) is 21.3. The molecule has 0 aliphatic rings. The number of hydrogen-bond acceptors (Lipinski definition) is 4. The van der Waals surface area contributed by atoms with Crippen LogP contribution in [-0.4, -0.2) is 28.0 Å². The first kappa shape index (κ1) is 21.8. The number of benzene rings is 3. The monoisotopic (exact) mass is 404 g/mol. The number of phenols is 1. The van der Waals surface area contributed by atoms with Crippen molar-refractivity contribution in [3.05, 3.63) is 95.2 Å². The Kier molecular flexibility index (Phi) is 7.83. The Morgan fingerprint density at radius 3 is 2.43 bits per heavy atom. The summed E-state index contributed by atoms with van der Waals surface area (Å²) in [6.07, 6.45) is 1.35. The van der Waals surface area contributed by atoms with Crippen molar-refractivity contribution < 1.29 is 20.1 Å². The summed E-state index contributed by atoms with van der Waals surface area (Å²) in [5.41, 5.74) is 5.89. The summed E-state index contributed by atoms with van der Waals surface area (Å²) in [4.78, 5) is 0. The van der Waals surface area contributed by atoms with Crippen LogP contribution in [0.25, 0.3) is 10.8 Å². The lowest BCUT2D eigenvalue weighted by Gasteiger charge is -2.13. The van der Waals surface area contributed by atoms with Crippen LogP contribution in [0.2, 0.25) is 0 Å². The summed E-state index contributed by atoms with van der Waals surface area (Å²) in [5, 5.41) is 32.3. The standard InChI is InChI=1S/C26H28O4/c1-19(16-21(27)18-30-17-20-9-3-2-4-10-20)8-7-13-25(28)24-14-15-26(29)23-12-6-5-11-22(23)24/h2-7,9-12,14-15,21,25,27-29H,13,16-18H2,1H3/t8?,21-,25-/m1/s1. The molecule has 3 aromatic carbocycles. The number of fused-ring (bicyclic) bond motifs is 1. The van der Waals surface area contributed by atoms with Gasteiger partial charge in [0.2, 0.25) is 0 Å². The zero-order valence-electron chi connectivity index (χ0n) is 17.2. The topological polar surface area (TPSA) is 69.9 Å². The van der Waals surface area contributed by atoms with E-state index < -0.39 is 12.2 Å². The maximum absolute atomic E-state index is 10.6. The first-order valence-electron chi connectivity index (χ1n) is 10.1. The highest BCUT2D eigenvalue weighted by Crippen LogP contribution is 2.32. The lowest BCUT2D eigenvalue weighted by Crippen LogP contribution is -2.15. The van der Waals surface area contributed by atoms with Gasteiger partial charge in [-0.1, -0.05) is 60.7 Å². The van der Waals surface area contributed by atoms with E-state index in [9.17, 15) is 15.3 Å². The van der Waals surface area contributed by atoms with Crippen molar-refractivity contribution in [1.82, 2.24) is 0 Å². The number of aromatic hydroxyl groups is 1. The minimum Gasteiger partial charge on any atom is -0.507 e. The molecule has 0 aromatic heterocycles. The van der Waals surface area contributed by atoms with Gasteiger partial charge in [-0.2, -0.15) is 0 Å². The fourth-order valence-electron chi connectivity index (χ4n) is 3.43. The van der Waals surface area contributed by atoms with Gasteiger partial charge in [-0.05, 0) is 41.2 Å². The second-order valence-corrected chi connectivity index (χ2v) is 7.46. The number of aliphatic hydroxyl groups excluding tert-OH is 2.